The minimum Gasteiger partial charge on any atom is -0.380 e. The molecule has 0 saturated carbocycles. The topological polar surface area (TPSA) is 12.0 Å². The van der Waals surface area contributed by atoms with Gasteiger partial charge in [-0.15, -0.1) is 11.3 Å². The first kappa shape index (κ1) is 14.1. The van der Waals surface area contributed by atoms with Crippen molar-refractivity contribution in [2.24, 2.45) is 0 Å². The molecule has 0 spiro atoms. The van der Waals surface area contributed by atoms with Crippen molar-refractivity contribution in [3.8, 4) is 0 Å². The van der Waals surface area contributed by atoms with Gasteiger partial charge in [0.05, 0.1) is 0 Å². The van der Waals surface area contributed by atoms with Crippen LogP contribution in [-0.4, -0.2) is 0 Å². The normalized spacial score (nSPS) is 11.6. The molecule has 1 aromatic heterocycles. The van der Waals surface area contributed by atoms with Crippen LogP contribution >= 0.6 is 11.3 Å². The van der Waals surface area contributed by atoms with Gasteiger partial charge in [0.25, 0.3) is 0 Å². The van der Waals surface area contributed by atoms with Gasteiger partial charge in [0.1, 0.15) is 0 Å². The molecular formula is C17H23NS. The highest BCUT2D eigenvalue weighted by Crippen LogP contribution is 2.24. The summed E-state index contributed by atoms with van der Waals surface area (Å²) in [5.41, 5.74) is 2.80. The molecular weight excluding hydrogens is 250 g/mol. The molecule has 1 heterocycles. The van der Waals surface area contributed by atoms with Crippen molar-refractivity contribution in [2.75, 3.05) is 5.32 Å². The molecule has 1 N–H and O–H groups in total. The monoisotopic (exact) mass is 273 g/mol. The van der Waals surface area contributed by atoms with Crippen molar-refractivity contribution in [2.45, 2.75) is 46.1 Å². The summed E-state index contributed by atoms with van der Waals surface area (Å²) < 4.78 is 0. The van der Waals surface area contributed by atoms with Gasteiger partial charge in [-0.2, -0.15) is 0 Å². The van der Waals surface area contributed by atoms with E-state index in [1.165, 1.54) is 21.0 Å². The number of anilines is 1. The van der Waals surface area contributed by atoms with Crippen LogP contribution in [0.3, 0.4) is 0 Å². The maximum absolute atomic E-state index is 3.49. The number of benzene rings is 1. The lowest BCUT2D eigenvalue weighted by Gasteiger charge is -2.19. The summed E-state index contributed by atoms with van der Waals surface area (Å²) in [6.07, 6.45) is 1.13. The fourth-order valence-electron chi connectivity index (χ4n) is 1.98. The summed E-state index contributed by atoms with van der Waals surface area (Å²) in [4.78, 5) is 2.86. The van der Waals surface area contributed by atoms with E-state index in [0.717, 1.165) is 13.0 Å². The minimum absolute atomic E-state index is 0.225. The van der Waals surface area contributed by atoms with Crippen LogP contribution in [0.2, 0.25) is 0 Å². The molecule has 0 radical (unpaired) electrons. The Hall–Kier alpha value is -1.28. The van der Waals surface area contributed by atoms with E-state index in [2.05, 4.69) is 69.4 Å². The maximum Gasteiger partial charge on any atom is 0.0494 e. The quantitative estimate of drug-likeness (QED) is 0.805. The Morgan fingerprint density at radius 2 is 1.58 bits per heavy atom. The van der Waals surface area contributed by atoms with Gasteiger partial charge in [0.15, 0.2) is 0 Å². The predicted molar refractivity (Wildman–Crippen MR) is 86.2 cm³/mol. The van der Waals surface area contributed by atoms with E-state index in [1.807, 2.05) is 11.3 Å². The van der Waals surface area contributed by atoms with Gasteiger partial charge < -0.3 is 5.32 Å². The molecule has 0 aliphatic heterocycles. The molecule has 0 fully saturated rings. The third kappa shape index (κ3) is 3.84. The lowest BCUT2D eigenvalue weighted by atomic mass is 9.87. The Bertz CT molecular complexity index is 517. The molecule has 102 valence electrons. The van der Waals surface area contributed by atoms with Crippen LogP contribution in [0.15, 0.2) is 36.4 Å². The molecule has 19 heavy (non-hydrogen) atoms. The first-order chi connectivity index (χ1) is 8.99. The Balaban J connectivity index is 1.96. The summed E-state index contributed by atoms with van der Waals surface area (Å²) in [6.45, 7) is 9.85. The zero-order valence-electron chi connectivity index (χ0n) is 12.3. The molecule has 2 aromatic rings. The second-order valence-corrected chi connectivity index (χ2v) is 7.16. The maximum atomic E-state index is 3.49. The standard InChI is InChI=1S/C17H23NS/c1-5-15-10-11-16(19-15)12-18-14-8-6-13(7-9-14)17(2,3)4/h6-11,18H,5,12H2,1-4H3. The van der Waals surface area contributed by atoms with Crippen molar-refractivity contribution >= 4 is 17.0 Å². The summed E-state index contributed by atoms with van der Waals surface area (Å²) in [5, 5.41) is 3.49. The third-order valence-corrected chi connectivity index (χ3v) is 4.51. The smallest absolute Gasteiger partial charge is 0.0494 e. The van der Waals surface area contributed by atoms with Gasteiger partial charge in [0.2, 0.25) is 0 Å². The van der Waals surface area contributed by atoms with Crippen LogP contribution in [0.25, 0.3) is 0 Å². The van der Waals surface area contributed by atoms with Gasteiger partial charge in [-0.25, -0.2) is 0 Å². The van der Waals surface area contributed by atoms with E-state index in [9.17, 15) is 0 Å². The lowest BCUT2D eigenvalue weighted by Crippen LogP contribution is -2.10. The molecule has 0 atom stereocenters. The van der Waals surface area contributed by atoms with Crippen LogP contribution in [0.5, 0.6) is 0 Å². The number of aryl methyl sites for hydroxylation is 1. The molecule has 0 unspecified atom stereocenters. The molecule has 0 saturated heterocycles. The van der Waals surface area contributed by atoms with Crippen molar-refractivity contribution in [3.05, 3.63) is 51.7 Å². The molecule has 2 heteroatoms. The van der Waals surface area contributed by atoms with Gasteiger partial charge in [0, 0.05) is 22.0 Å². The Kier molecular flexibility index (Phi) is 4.31. The van der Waals surface area contributed by atoms with Crippen LogP contribution < -0.4 is 5.32 Å². The van der Waals surface area contributed by atoms with E-state index < -0.39 is 0 Å². The van der Waals surface area contributed by atoms with E-state index in [-0.39, 0.29) is 5.41 Å². The summed E-state index contributed by atoms with van der Waals surface area (Å²) >= 11 is 1.90. The second kappa shape index (κ2) is 5.79. The second-order valence-electron chi connectivity index (χ2n) is 5.90. The fourth-order valence-corrected chi connectivity index (χ4v) is 2.88. The highest BCUT2D eigenvalue weighted by Gasteiger charge is 2.12. The van der Waals surface area contributed by atoms with E-state index in [1.54, 1.807) is 0 Å². The first-order valence-corrected chi connectivity index (χ1v) is 7.72. The van der Waals surface area contributed by atoms with Gasteiger partial charge in [-0.1, -0.05) is 39.8 Å². The molecule has 0 aliphatic rings. The number of nitrogens with one attached hydrogen (secondary N) is 1. The van der Waals surface area contributed by atoms with E-state index in [0.29, 0.717) is 0 Å². The highest BCUT2D eigenvalue weighted by atomic mass is 32.1. The molecule has 0 amide bonds. The molecule has 2 rings (SSSR count). The number of thiophene rings is 1. The predicted octanol–water partition coefficient (Wildman–Crippen LogP) is 5.22. The summed E-state index contributed by atoms with van der Waals surface area (Å²) in [5.74, 6) is 0. The Morgan fingerprint density at radius 3 is 2.11 bits per heavy atom. The highest BCUT2D eigenvalue weighted by molar-refractivity contribution is 7.12. The Labute approximate surface area is 120 Å². The first-order valence-electron chi connectivity index (χ1n) is 6.91. The van der Waals surface area contributed by atoms with Gasteiger partial charge in [-0.05, 0) is 41.7 Å². The van der Waals surface area contributed by atoms with Crippen LogP contribution in [0.1, 0.15) is 43.0 Å². The average molecular weight is 273 g/mol. The largest absolute Gasteiger partial charge is 0.380 e. The van der Waals surface area contributed by atoms with E-state index in [4.69, 9.17) is 0 Å². The summed E-state index contributed by atoms with van der Waals surface area (Å²) in [6, 6.07) is 13.2. The van der Waals surface area contributed by atoms with Crippen molar-refractivity contribution < 1.29 is 0 Å². The SMILES string of the molecule is CCc1ccc(CNc2ccc(C(C)(C)C)cc2)s1. The third-order valence-electron chi connectivity index (χ3n) is 3.28. The molecule has 1 aromatic carbocycles. The molecule has 1 nitrogen and oxygen atoms in total. The molecule has 0 bridgehead atoms. The van der Waals surface area contributed by atoms with Crippen molar-refractivity contribution in [1.82, 2.24) is 0 Å². The zero-order valence-corrected chi connectivity index (χ0v) is 13.1. The van der Waals surface area contributed by atoms with Gasteiger partial charge in [-0.3, -0.25) is 0 Å². The summed E-state index contributed by atoms with van der Waals surface area (Å²) in [7, 11) is 0. The fraction of sp³-hybridized carbons (Fsp3) is 0.412. The van der Waals surface area contributed by atoms with Crippen LogP contribution in [0.4, 0.5) is 5.69 Å². The molecule has 0 aliphatic carbocycles. The van der Waals surface area contributed by atoms with Crippen molar-refractivity contribution in [3.63, 3.8) is 0 Å². The number of hydrogen-bond donors (Lipinski definition) is 1. The zero-order chi connectivity index (χ0) is 13.9. The Morgan fingerprint density at radius 1 is 0.947 bits per heavy atom. The van der Waals surface area contributed by atoms with Crippen LogP contribution in [-0.2, 0) is 18.4 Å². The number of rotatable bonds is 4. The van der Waals surface area contributed by atoms with E-state index >= 15 is 0 Å². The van der Waals surface area contributed by atoms with Crippen LogP contribution in [0, 0.1) is 0 Å². The van der Waals surface area contributed by atoms with Crippen molar-refractivity contribution in [1.29, 1.82) is 0 Å². The lowest BCUT2D eigenvalue weighted by molar-refractivity contribution is 0.590. The average Bonchev–Trinajstić information content (AvgIpc) is 2.84. The number of hydrogen-bond acceptors (Lipinski definition) is 2. The minimum atomic E-state index is 0.225. The van der Waals surface area contributed by atoms with Gasteiger partial charge >= 0.3 is 0 Å².